The number of aliphatic hydroxyl groups is 1. The first kappa shape index (κ1) is 20.2. The molecule has 1 N–H and O–H groups in total. The van der Waals surface area contributed by atoms with Gasteiger partial charge in [0.1, 0.15) is 10.8 Å². The summed E-state index contributed by atoms with van der Waals surface area (Å²) in [6, 6.07) is 3.53. The Morgan fingerprint density at radius 1 is 1.29 bits per heavy atom. The maximum atomic E-state index is 12.8. The normalized spacial score (nSPS) is 15.3. The lowest BCUT2D eigenvalue weighted by Gasteiger charge is -2.14. The molecule has 28 heavy (non-hydrogen) atoms. The Kier molecular flexibility index (Phi) is 6.53. The highest BCUT2D eigenvalue weighted by Gasteiger charge is 2.29. The Morgan fingerprint density at radius 3 is 2.82 bits per heavy atom. The van der Waals surface area contributed by atoms with Crippen LogP contribution in [0, 0.1) is 6.92 Å². The minimum Gasteiger partial charge on any atom is -0.507 e. The van der Waals surface area contributed by atoms with E-state index in [-0.39, 0.29) is 23.9 Å². The van der Waals surface area contributed by atoms with Gasteiger partial charge in [-0.3, -0.25) is 14.6 Å². The zero-order valence-corrected chi connectivity index (χ0v) is 16.7. The highest BCUT2D eigenvalue weighted by molar-refractivity contribution is 7.14. The summed E-state index contributed by atoms with van der Waals surface area (Å²) in [5.74, 6) is -0.661. The lowest BCUT2D eigenvalue weighted by Crippen LogP contribution is -2.14. The molecule has 2 heterocycles. The van der Waals surface area contributed by atoms with Gasteiger partial charge in [0.05, 0.1) is 23.6 Å². The fourth-order valence-corrected chi connectivity index (χ4v) is 3.95. The van der Waals surface area contributed by atoms with Crippen LogP contribution in [0.4, 0.5) is 0 Å². The van der Waals surface area contributed by atoms with E-state index >= 15 is 0 Å². The zero-order chi connectivity index (χ0) is 20.1. The molecule has 1 aliphatic carbocycles. The molecule has 0 saturated carbocycles. The molecule has 7 nitrogen and oxygen atoms in total. The second-order valence-corrected chi connectivity index (χ2v) is 7.56. The summed E-state index contributed by atoms with van der Waals surface area (Å²) < 4.78 is 10.0. The Morgan fingerprint density at radius 2 is 2.11 bits per heavy atom. The number of hydrogen-bond donors (Lipinski definition) is 1. The van der Waals surface area contributed by atoms with Crippen molar-refractivity contribution in [1.82, 2.24) is 9.97 Å². The summed E-state index contributed by atoms with van der Waals surface area (Å²) in [5.41, 5.74) is 2.38. The van der Waals surface area contributed by atoms with E-state index in [1.54, 1.807) is 25.4 Å². The number of carbonyl (C=O) groups is 2. The third-order valence-corrected chi connectivity index (χ3v) is 5.45. The number of fused-ring (bicyclic) bond motifs is 1. The Hall–Kier alpha value is -2.58. The fourth-order valence-electron chi connectivity index (χ4n) is 2.89. The molecule has 0 unspecified atom stereocenters. The van der Waals surface area contributed by atoms with Crippen molar-refractivity contribution in [3.8, 4) is 0 Å². The van der Waals surface area contributed by atoms with Crippen molar-refractivity contribution < 1.29 is 24.2 Å². The van der Waals surface area contributed by atoms with Gasteiger partial charge in [0.15, 0.2) is 0 Å². The second-order valence-electron chi connectivity index (χ2n) is 6.47. The van der Waals surface area contributed by atoms with E-state index in [2.05, 4.69) is 9.97 Å². The molecule has 0 saturated heterocycles. The number of pyridine rings is 1. The molecule has 2 aromatic heterocycles. The van der Waals surface area contributed by atoms with Gasteiger partial charge in [0.2, 0.25) is 5.78 Å². The number of esters is 1. The summed E-state index contributed by atoms with van der Waals surface area (Å²) in [6.07, 6.45) is 3.16. The van der Waals surface area contributed by atoms with E-state index in [4.69, 9.17) is 9.47 Å². The molecule has 0 spiro atoms. The number of allylic oxidation sites excluding steroid dienone is 1. The number of aryl methyl sites for hydroxylation is 2. The molecule has 0 aliphatic heterocycles. The number of ether oxygens (including phenoxy) is 2. The average Bonchev–Trinajstić information content (AvgIpc) is 3.09. The van der Waals surface area contributed by atoms with Gasteiger partial charge < -0.3 is 14.6 Å². The molecule has 8 heteroatoms. The topological polar surface area (TPSA) is 98.6 Å². The maximum absolute atomic E-state index is 12.8. The SMILES string of the molecule is COCCCOC(=O)Cc1nc2c(s1)C(=O)C(=C(O)c1ccc(C)nc1)CC2. The highest BCUT2D eigenvalue weighted by atomic mass is 32.1. The van der Waals surface area contributed by atoms with Gasteiger partial charge in [-0.05, 0) is 31.9 Å². The van der Waals surface area contributed by atoms with Crippen molar-refractivity contribution >= 4 is 28.8 Å². The third-order valence-electron chi connectivity index (χ3n) is 4.36. The van der Waals surface area contributed by atoms with E-state index in [1.165, 1.54) is 11.3 Å². The van der Waals surface area contributed by atoms with Crippen molar-refractivity contribution in [3.63, 3.8) is 0 Å². The summed E-state index contributed by atoms with van der Waals surface area (Å²) in [7, 11) is 1.59. The average molecular weight is 402 g/mol. The number of aliphatic hydroxyl groups excluding tert-OH is 1. The maximum Gasteiger partial charge on any atom is 0.312 e. The lowest BCUT2D eigenvalue weighted by molar-refractivity contribution is -0.143. The van der Waals surface area contributed by atoms with E-state index in [9.17, 15) is 14.7 Å². The van der Waals surface area contributed by atoms with E-state index in [0.717, 1.165) is 5.69 Å². The van der Waals surface area contributed by atoms with Gasteiger partial charge >= 0.3 is 5.97 Å². The highest BCUT2D eigenvalue weighted by Crippen LogP contribution is 2.33. The first-order valence-electron chi connectivity index (χ1n) is 9.02. The Balaban J connectivity index is 1.72. The minimum absolute atomic E-state index is 0.0326. The summed E-state index contributed by atoms with van der Waals surface area (Å²) in [6.45, 7) is 2.68. The van der Waals surface area contributed by atoms with Gasteiger partial charge in [0, 0.05) is 43.2 Å². The zero-order valence-electron chi connectivity index (χ0n) is 15.9. The van der Waals surface area contributed by atoms with Gasteiger partial charge in [0.25, 0.3) is 0 Å². The second kappa shape index (κ2) is 9.07. The smallest absolute Gasteiger partial charge is 0.312 e. The van der Waals surface area contributed by atoms with Crippen LogP contribution in [-0.2, 0) is 27.1 Å². The molecular weight excluding hydrogens is 380 g/mol. The number of carbonyl (C=O) groups excluding carboxylic acids is 2. The molecule has 1 aliphatic rings. The summed E-state index contributed by atoms with van der Waals surface area (Å²) >= 11 is 1.19. The van der Waals surface area contributed by atoms with Crippen molar-refractivity contribution in [3.05, 3.63) is 50.7 Å². The first-order chi connectivity index (χ1) is 13.5. The van der Waals surface area contributed by atoms with Crippen LogP contribution in [0.15, 0.2) is 23.9 Å². The molecule has 2 aromatic rings. The van der Waals surface area contributed by atoms with Crippen LogP contribution in [0.3, 0.4) is 0 Å². The molecule has 0 fully saturated rings. The monoisotopic (exact) mass is 402 g/mol. The number of thiazole rings is 1. The fraction of sp³-hybridized carbons (Fsp3) is 0.400. The molecule has 0 atom stereocenters. The van der Waals surface area contributed by atoms with E-state index in [0.29, 0.717) is 59.2 Å². The largest absolute Gasteiger partial charge is 0.507 e. The molecule has 148 valence electrons. The van der Waals surface area contributed by atoms with Gasteiger partial charge in [-0.1, -0.05) is 0 Å². The third kappa shape index (κ3) is 4.63. The quantitative estimate of drug-likeness (QED) is 0.329. The Labute approximate surface area is 167 Å². The van der Waals surface area contributed by atoms with Crippen molar-refractivity contribution in [1.29, 1.82) is 0 Å². The number of Topliss-reactive ketones (excluding diaryl/α,β-unsaturated/α-hetero) is 1. The molecule has 0 radical (unpaired) electrons. The van der Waals surface area contributed by atoms with Crippen molar-refractivity contribution in [2.75, 3.05) is 20.3 Å². The van der Waals surface area contributed by atoms with Crippen LogP contribution in [0.25, 0.3) is 5.76 Å². The number of ketones is 1. The van der Waals surface area contributed by atoms with E-state index < -0.39 is 0 Å². The van der Waals surface area contributed by atoms with Crippen LogP contribution in [0.1, 0.15) is 44.5 Å². The van der Waals surface area contributed by atoms with Gasteiger partial charge in [-0.15, -0.1) is 11.3 Å². The standard InChI is InChI=1S/C20H22N2O5S/c1-12-4-5-13(11-21-12)18(24)14-6-7-15-20(19(14)25)28-16(22-15)10-17(23)27-9-3-8-26-2/h4-5,11,24H,3,6-10H2,1-2H3. The van der Waals surface area contributed by atoms with Gasteiger partial charge in [-0.2, -0.15) is 0 Å². The first-order valence-corrected chi connectivity index (χ1v) is 9.84. The van der Waals surface area contributed by atoms with E-state index in [1.807, 2.05) is 6.92 Å². The Bertz CT molecular complexity index is 902. The number of hydrogen-bond acceptors (Lipinski definition) is 8. The molecule has 0 bridgehead atoms. The number of rotatable bonds is 7. The predicted molar refractivity (Wildman–Crippen MR) is 104 cm³/mol. The summed E-state index contributed by atoms with van der Waals surface area (Å²) in [4.78, 5) is 33.8. The minimum atomic E-state index is -0.376. The molecule has 0 amide bonds. The van der Waals surface area contributed by atoms with Crippen molar-refractivity contribution in [2.45, 2.75) is 32.6 Å². The van der Waals surface area contributed by atoms with Crippen molar-refractivity contribution in [2.24, 2.45) is 0 Å². The van der Waals surface area contributed by atoms with Gasteiger partial charge in [-0.25, -0.2) is 4.98 Å². The van der Waals surface area contributed by atoms with Crippen LogP contribution in [-0.4, -0.2) is 47.2 Å². The molecular formula is C20H22N2O5S. The molecule has 3 rings (SSSR count). The number of methoxy groups -OCH3 is 1. The van der Waals surface area contributed by atoms with Crippen LogP contribution < -0.4 is 0 Å². The van der Waals surface area contributed by atoms with Crippen LogP contribution in [0.5, 0.6) is 0 Å². The van der Waals surface area contributed by atoms with Crippen LogP contribution in [0.2, 0.25) is 0 Å². The van der Waals surface area contributed by atoms with Crippen LogP contribution >= 0.6 is 11.3 Å². The predicted octanol–water partition coefficient (Wildman–Crippen LogP) is 3.07. The number of aromatic nitrogens is 2. The lowest BCUT2D eigenvalue weighted by atomic mass is 9.93. The number of nitrogens with zero attached hydrogens (tertiary/aromatic N) is 2. The molecule has 0 aromatic carbocycles. The summed E-state index contributed by atoms with van der Waals surface area (Å²) in [5, 5.41) is 11.1.